The lowest BCUT2D eigenvalue weighted by atomic mass is 9.97. The first kappa shape index (κ1) is 16.9. The van der Waals surface area contributed by atoms with E-state index in [0.29, 0.717) is 24.0 Å². The van der Waals surface area contributed by atoms with E-state index in [0.717, 1.165) is 24.9 Å². The van der Waals surface area contributed by atoms with Gasteiger partial charge >= 0.3 is 0 Å². The Kier molecular flexibility index (Phi) is 5.94. The van der Waals surface area contributed by atoms with Crippen molar-refractivity contribution in [1.29, 1.82) is 0 Å². The number of hydrogen-bond acceptors (Lipinski definition) is 2. The average molecular weight is 371 g/mol. The summed E-state index contributed by atoms with van der Waals surface area (Å²) in [6.07, 6.45) is 2.33. The van der Waals surface area contributed by atoms with Crippen molar-refractivity contribution in [2.24, 2.45) is 5.92 Å². The van der Waals surface area contributed by atoms with Gasteiger partial charge in [0.15, 0.2) is 0 Å². The molecule has 1 N–H and O–H groups in total. The summed E-state index contributed by atoms with van der Waals surface area (Å²) in [7, 11) is 0. The van der Waals surface area contributed by atoms with Crippen molar-refractivity contribution < 1.29 is 14.0 Å². The zero-order valence-electron chi connectivity index (χ0n) is 12.6. The molecule has 0 saturated carbocycles. The summed E-state index contributed by atoms with van der Waals surface area (Å²) in [5.74, 6) is -0.405. The molecule has 0 unspecified atom stereocenters. The van der Waals surface area contributed by atoms with Crippen molar-refractivity contribution >= 4 is 27.7 Å². The fourth-order valence-electron chi connectivity index (χ4n) is 2.65. The molecule has 6 heteroatoms. The molecule has 1 saturated heterocycles. The largest absolute Gasteiger partial charge is 0.355 e. The van der Waals surface area contributed by atoms with Crippen molar-refractivity contribution in [3.05, 3.63) is 34.1 Å². The molecule has 1 aromatic rings. The topological polar surface area (TPSA) is 49.4 Å². The van der Waals surface area contributed by atoms with Gasteiger partial charge in [-0.05, 0) is 52.9 Å². The lowest BCUT2D eigenvalue weighted by Gasteiger charge is -2.31. The SMILES string of the molecule is CC(=O)N1CCC[C@H](C(=O)NCCc2ccc(F)c(Br)c2)C1. The number of nitrogens with zero attached hydrogens (tertiary/aromatic N) is 1. The maximum Gasteiger partial charge on any atom is 0.224 e. The van der Waals surface area contributed by atoms with Crippen LogP contribution in [-0.2, 0) is 16.0 Å². The first-order chi connectivity index (χ1) is 10.5. The number of amides is 2. The van der Waals surface area contributed by atoms with Gasteiger partial charge in [0.25, 0.3) is 0 Å². The molecule has 22 heavy (non-hydrogen) atoms. The van der Waals surface area contributed by atoms with Crippen LogP contribution < -0.4 is 5.32 Å². The normalized spacial score (nSPS) is 18.1. The summed E-state index contributed by atoms with van der Waals surface area (Å²) in [6, 6.07) is 4.84. The second-order valence-corrected chi connectivity index (χ2v) is 6.45. The number of piperidine rings is 1. The molecule has 0 radical (unpaired) electrons. The van der Waals surface area contributed by atoms with E-state index in [4.69, 9.17) is 0 Å². The number of halogens is 2. The van der Waals surface area contributed by atoms with Crippen molar-refractivity contribution in [1.82, 2.24) is 10.2 Å². The quantitative estimate of drug-likeness (QED) is 0.884. The lowest BCUT2D eigenvalue weighted by Crippen LogP contribution is -2.45. The highest BCUT2D eigenvalue weighted by Crippen LogP contribution is 2.18. The number of hydrogen-bond donors (Lipinski definition) is 1. The molecular weight excluding hydrogens is 351 g/mol. The molecule has 1 atom stereocenters. The Hall–Kier alpha value is -1.43. The van der Waals surface area contributed by atoms with Crippen LogP contribution in [0.2, 0.25) is 0 Å². The molecule has 0 bridgehead atoms. The highest BCUT2D eigenvalue weighted by molar-refractivity contribution is 9.10. The van der Waals surface area contributed by atoms with Gasteiger partial charge in [-0.3, -0.25) is 9.59 Å². The summed E-state index contributed by atoms with van der Waals surface area (Å²) in [6.45, 7) is 3.28. The third-order valence-electron chi connectivity index (χ3n) is 3.93. The van der Waals surface area contributed by atoms with Crippen LogP contribution in [-0.4, -0.2) is 36.3 Å². The van der Waals surface area contributed by atoms with Gasteiger partial charge in [-0.25, -0.2) is 4.39 Å². The Morgan fingerprint density at radius 1 is 1.45 bits per heavy atom. The zero-order valence-corrected chi connectivity index (χ0v) is 14.2. The fraction of sp³-hybridized carbons (Fsp3) is 0.500. The molecule has 1 heterocycles. The molecule has 1 aliphatic rings. The number of carbonyl (C=O) groups is 2. The Bertz CT molecular complexity index is 565. The third kappa shape index (κ3) is 4.53. The van der Waals surface area contributed by atoms with Gasteiger partial charge < -0.3 is 10.2 Å². The van der Waals surface area contributed by atoms with Crippen LogP contribution in [0.4, 0.5) is 4.39 Å². The lowest BCUT2D eigenvalue weighted by molar-refractivity contribution is -0.133. The summed E-state index contributed by atoms with van der Waals surface area (Å²) in [4.78, 5) is 25.3. The van der Waals surface area contributed by atoms with Crippen LogP contribution in [0.3, 0.4) is 0 Å². The van der Waals surface area contributed by atoms with Gasteiger partial charge in [0.1, 0.15) is 5.82 Å². The smallest absolute Gasteiger partial charge is 0.224 e. The van der Waals surface area contributed by atoms with Gasteiger partial charge in [-0.15, -0.1) is 0 Å². The van der Waals surface area contributed by atoms with Crippen LogP contribution in [0.5, 0.6) is 0 Å². The van der Waals surface area contributed by atoms with E-state index in [1.54, 1.807) is 17.0 Å². The second kappa shape index (κ2) is 7.72. The van der Waals surface area contributed by atoms with E-state index in [1.165, 1.54) is 13.0 Å². The standard InChI is InChI=1S/C16H20BrFN2O2/c1-11(21)20-8-2-3-13(10-20)16(22)19-7-6-12-4-5-15(18)14(17)9-12/h4-5,9,13H,2-3,6-8,10H2,1H3,(H,19,22)/t13-/m0/s1. The van der Waals surface area contributed by atoms with Crippen molar-refractivity contribution in [2.45, 2.75) is 26.2 Å². The number of rotatable bonds is 4. The molecule has 2 amide bonds. The summed E-state index contributed by atoms with van der Waals surface area (Å²) in [5.41, 5.74) is 0.961. The highest BCUT2D eigenvalue weighted by atomic mass is 79.9. The second-order valence-electron chi connectivity index (χ2n) is 5.59. The predicted molar refractivity (Wildman–Crippen MR) is 85.8 cm³/mol. The minimum atomic E-state index is -0.292. The van der Waals surface area contributed by atoms with E-state index < -0.39 is 0 Å². The summed E-state index contributed by atoms with van der Waals surface area (Å²) in [5, 5.41) is 2.91. The minimum Gasteiger partial charge on any atom is -0.355 e. The average Bonchev–Trinajstić information content (AvgIpc) is 2.51. The third-order valence-corrected chi connectivity index (χ3v) is 4.54. The van der Waals surface area contributed by atoms with Crippen LogP contribution in [0.15, 0.2) is 22.7 Å². The molecule has 0 spiro atoms. The highest BCUT2D eigenvalue weighted by Gasteiger charge is 2.26. The monoisotopic (exact) mass is 370 g/mol. The number of carbonyl (C=O) groups excluding carboxylic acids is 2. The molecule has 0 aliphatic carbocycles. The van der Waals surface area contributed by atoms with Crippen molar-refractivity contribution in [3.8, 4) is 0 Å². The molecule has 1 fully saturated rings. The summed E-state index contributed by atoms with van der Waals surface area (Å²) >= 11 is 3.15. The van der Waals surface area contributed by atoms with Gasteiger partial charge in [0.05, 0.1) is 10.4 Å². The Labute approximate surface area is 138 Å². The molecular formula is C16H20BrFN2O2. The Morgan fingerprint density at radius 3 is 2.91 bits per heavy atom. The number of nitrogens with one attached hydrogen (secondary N) is 1. The predicted octanol–water partition coefficient (Wildman–Crippen LogP) is 2.51. The summed E-state index contributed by atoms with van der Waals surface area (Å²) < 4.78 is 13.6. The number of likely N-dealkylation sites (tertiary alicyclic amines) is 1. The van der Waals surface area contributed by atoms with Gasteiger partial charge in [-0.1, -0.05) is 6.07 Å². The van der Waals surface area contributed by atoms with Crippen LogP contribution in [0.25, 0.3) is 0 Å². The minimum absolute atomic E-state index is 0.00729. The fourth-order valence-corrected chi connectivity index (χ4v) is 3.07. The molecule has 1 aromatic carbocycles. The Morgan fingerprint density at radius 2 is 2.23 bits per heavy atom. The van der Waals surface area contributed by atoms with Crippen molar-refractivity contribution in [2.75, 3.05) is 19.6 Å². The zero-order chi connectivity index (χ0) is 16.1. The van der Waals surface area contributed by atoms with Gasteiger partial charge in [-0.2, -0.15) is 0 Å². The van der Waals surface area contributed by atoms with Gasteiger partial charge in [0.2, 0.25) is 11.8 Å². The molecule has 1 aliphatic heterocycles. The Balaban J connectivity index is 1.79. The number of benzene rings is 1. The van der Waals surface area contributed by atoms with Crippen LogP contribution >= 0.6 is 15.9 Å². The van der Waals surface area contributed by atoms with E-state index in [-0.39, 0.29) is 23.5 Å². The van der Waals surface area contributed by atoms with E-state index >= 15 is 0 Å². The van der Waals surface area contributed by atoms with E-state index in [9.17, 15) is 14.0 Å². The first-order valence-corrected chi connectivity index (χ1v) is 8.24. The van der Waals surface area contributed by atoms with E-state index in [1.807, 2.05) is 0 Å². The van der Waals surface area contributed by atoms with Gasteiger partial charge in [0, 0.05) is 26.6 Å². The first-order valence-electron chi connectivity index (χ1n) is 7.44. The molecule has 0 aromatic heterocycles. The maximum absolute atomic E-state index is 13.1. The molecule has 120 valence electrons. The van der Waals surface area contributed by atoms with E-state index in [2.05, 4.69) is 21.2 Å². The van der Waals surface area contributed by atoms with Crippen LogP contribution in [0.1, 0.15) is 25.3 Å². The van der Waals surface area contributed by atoms with Crippen molar-refractivity contribution in [3.63, 3.8) is 0 Å². The molecule has 2 rings (SSSR count). The maximum atomic E-state index is 13.1. The molecule has 4 nitrogen and oxygen atoms in total. The van der Waals surface area contributed by atoms with Crippen LogP contribution in [0, 0.1) is 11.7 Å².